The largest absolute Gasteiger partial charge is 0.334 e. The number of amides is 1. The number of carbonyl (C=O) groups excluding carboxylic acids is 1. The summed E-state index contributed by atoms with van der Waals surface area (Å²) in [5, 5.41) is 10.5. The molecule has 6 nitrogen and oxygen atoms in total. The molecule has 5 rings (SSSR count). The van der Waals surface area contributed by atoms with Crippen molar-refractivity contribution in [2.45, 2.75) is 25.8 Å². The number of imidazole rings is 1. The third kappa shape index (κ3) is 3.62. The van der Waals surface area contributed by atoms with Crippen LogP contribution >= 0.6 is 11.6 Å². The summed E-state index contributed by atoms with van der Waals surface area (Å²) in [4.78, 5) is 17.6. The molecule has 0 radical (unpaired) electrons. The van der Waals surface area contributed by atoms with Gasteiger partial charge in [0.25, 0.3) is 5.91 Å². The van der Waals surface area contributed by atoms with E-state index in [2.05, 4.69) is 26.3 Å². The Balaban J connectivity index is 1.33. The van der Waals surface area contributed by atoms with Crippen LogP contribution in [0.25, 0.3) is 22.5 Å². The first kappa shape index (κ1) is 18.6. The average Bonchev–Trinajstić information content (AvgIpc) is 3.42. The summed E-state index contributed by atoms with van der Waals surface area (Å²) in [6.45, 7) is 1.04. The summed E-state index contributed by atoms with van der Waals surface area (Å²) in [7, 11) is 0. The van der Waals surface area contributed by atoms with E-state index in [9.17, 15) is 4.79 Å². The van der Waals surface area contributed by atoms with Gasteiger partial charge >= 0.3 is 0 Å². The Kier molecular flexibility index (Phi) is 4.85. The molecular formula is C23H20ClN5O. The second kappa shape index (κ2) is 7.80. The topological polar surface area (TPSA) is 75.6 Å². The molecule has 0 bridgehead atoms. The molecule has 7 heteroatoms. The molecule has 0 unspecified atom stereocenters. The van der Waals surface area contributed by atoms with E-state index in [0.29, 0.717) is 16.3 Å². The van der Waals surface area contributed by atoms with Gasteiger partial charge in [0.1, 0.15) is 5.82 Å². The van der Waals surface area contributed by atoms with E-state index in [-0.39, 0.29) is 5.91 Å². The fourth-order valence-electron chi connectivity index (χ4n) is 3.77. The number of aromatic amines is 1. The molecule has 1 aliphatic heterocycles. The molecule has 4 aromatic rings. The Morgan fingerprint density at radius 3 is 2.57 bits per heavy atom. The number of carbonyl (C=O) groups is 1. The van der Waals surface area contributed by atoms with Gasteiger partial charge in [-0.25, -0.2) is 4.98 Å². The van der Waals surface area contributed by atoms with Gasteiger partial charge in [-0.05, 0) is 37.1 Å². The first-order chi connectivity index (χ1) is 14.7. The van der Waals surface area contributed by atoms with Crippen LogP contribution in [0.5, 0.6) is 0 Å². The zero-order valence-corrected chi connectivity index (χ0v) is 17.0. The maximum absolute atomic E-state index is 12.8. The number of benzene rings is 2. The third-order valence-corrected chi connectivity index (χ3v) is 5.62. The van der Waals surface area contributed by atoms with Gasteiger partial charge in [0.2, 0.25) is 0 Å². The average molecular weight is 418 g/mol. The molecular weight excluding hydrogens is 398 g/mol. The Morgan fingerprint density at radius 2 is 1.80 bits per heavy atom. The van der Waals surface area contributed by atoms with Crippen LogP contribution in [0.3, 0.4) is 0 Å². The highest BCUT2D eigenvalue weighted by Gasteiger charge is 2.16. The van der Waals surface area contributed by atoms with E-state index < -0.39 is 0 Å². The van der Waals surface area contributed by atoms with Gasteiger partial charge in [-0.3, -0.25) is 9.89 Å². The molecule has 30 heavy (non-hydrogen) atoms. The molecule has 1 amide bonds. The number of H-pyrrole nitrogens is 1. The lowest BCUT2D eigenvalue weighted by Crippen LogP contribution is -2.12. The molecule has 1 aliphatic rings. The highest BCUT2D eigenvalue weighted by molar-refractivity contribution is 6.30. The molecule has 0 spiro atoms. The summed E-state index contributed by atoms with van der Waals surface area (Å²) in [5.41, 5.74) is 4.72. The maximum Gasteiger partial charge on any atom is 0.259 e. The smallest absolute Gasteiger partial charge is 0.259 e. The zero-order chi connectivity index (χ0) is 20.5. The highest BCUT2D eigenvalue weighted by atomic mass is 35.5. The number of hydrogen-bond acceptors (Lipinski definition) is 3. The molecule has 0 saturated heterocycles. The molecule has 150 valence electrons. The van der Waals surface area contributed by atoms with Gasteiger partial charge in [-0.1, -0.05) is 35.9 Å². The van der Waals surface area contributed by atoms with Crippen molar-refractivity contribution in [2.24, 2.45) is 0 Å². The maximum atomic E-state index is 12.8. The Labute approximate surface area is 178 Å². The minimum atomic E-state index is -0.223. The SMILES string of the molecule is O=C(Nc1ccc(-c2cn3c(n2)CCCC3)cc1)c1cn[nH]c1-c1ccc(Cl)cc1. The highest BCUT2D eigenvalue weighted by Crippen LogP contribution is 2.26. The minimum Gasteiger partial charge on any atom is -0.334 e. The molecule has 2 aromatic heterocycles. The van der Waals surface area contributed by atoms with E-state index in [4.69, 9.17) is 16.6 Å². The summed E-state index contributed by atoms with van der Waals surface area (Å²) in [6, 6.07) is 15.0. The second-order valence-electron chi connectivity index (χ2n) is 7.39. The van der Waals surface area contributed by atoms with E-state index in [0.717, 1.165) is 41.3 Å². The lowest BCUT2D eigenvalue weighted by atomic mass is 10.1. The summed E-state index contributed by atoms with van der Waals surface area (Å²) in [5.74, 6) is 0.933. The molecule has 0 fully saturated rings. The van der Waals surface area contributed by atoms with Crippen molar-refractivity contribution >= 4 is 23.2 Å². The van der Waals surface area contributed by atoms with Crippen LogP contribution in [0.1, 0.15) is 29.0 Å². The van der Waals surface area contributed by atoms with Crippen molar-refractivity contribution in [2.75, 3.05) is 5.32 Å². The van der Waals surface area contributed by atoms with Gasteiger partial charge in [0.05, 0.1) is 23.1 Å². The van der Waals surface area contributed by atoms with E-state index in [1.54, 1.807) is 12.1 Å². The molecule has 0 atom stereocenters. The van der Waals surface area contributed by atoms with E-state index in [1.807, 2.05) is 36.4 Å². The van der Waals surface area contributed by atoms with Gasteiger partial charge in [-0.15, -0.1) is 0 Å². The number of aryl methyl sites for hydroxylation is 2. The van der Waals surface area contributed by atoms with Crippen molar-refractivity contribution in [1.82, 2.24) is 19.7 Å². The van der Waals surface area contributed by atoms with Gasteiger partial charge < -0.3 is 9.88 Å². The first-order valence-electron chi connectivity index (χ1n) is 9.94. The van der Waals surface area contributed by atoms with Crippen molar-refractivity contribution in [1.29, 1.82) is 0 Å². The predicted molar refractivity (Wildman–Crippen MR) is 118 cm³/mol. The second-order valence-corrected chi connectivity index (χ2v) is 7.83. The Hall–Kier alpha value is -3.38. The third-order valence-electron chi connectivity index (χ3n) is 5.36. The van der Waals surface area contributed by atoms with Crippen LogP contribution in [0.15, 0.2) is 60.9 Å². The van der Waals surface area contributed by atoms with Crippen molar-refractivity contribution < 1.29 is 4.79 Å². The summed E-state index contributed by atoms with van der Waals surface area (Å²) >= 11 is 5.96. The quantitative estimate of drug-likeness (QED) is 0.480. The van der Waals surface area contributed by atoms with Crippen LogP contribution in [0.4, 0.5) is 5.69 Å². The Bertz CT molecular complexity index is 1170. The number of hydrogen-bond donors (Lipinski definition) is 2. The monoisotopic (exact) mass is 417 g/mol. The van der Waals surface area contributed by atoms with Crippen molar-refractivity contribution in [3.8, 4) is 22.5 Å². The van der Waals surface area contributed by atoms with Crippen LogP contribution in [-0.2, 0) is 13.0 Å². The lowest BCUT2D eigenvalue weighted by Gasteiger charge is -2.11. The normalized spacial score (nSPS) is 13.1. The summed E-state index contributed by atoms with van der Waals surface area (Å²) in [6.07, 6.45) is 7.09. The standard InChI is InChI=1S/C23H20ClN5O/c24-17-8-4-16(5-9-17)22-19(13-25-28-22)23(30)26-18-10-6-15(7-11-18)20-14-29-12-2-1-3-21(29)27-20/h4-11,13-14H,1-3,12H2,(H,25,28)(H,26,30). The number of nitrogens with one attached hydrogen (secondary N) is 2. The molecule has 2 N–H and O–H groups in total. The Morgan fingerprint density at radius 1 is 1.03 bits per heavy atom. The number of halogens is 1. The van der Waals surface area contributed by atoms with E-state index >= 15 is 0 Å². The van der Waals surface area contributed by atoms with Crippen LogP contribution in [0, 0.1) is 0 Å². The molecule has 2 aromatic carbocycles. The van der Waals surface area contributed by atoms with Crippen LogP contribution in [-0.4, -0.2) is 25.7 Å². The molecule has 0 saturated carbocycles. The van der Waals surface area contributed by atoms with Crippen LogP contribution in [0.2, 0.25) is 5.02 Å². The van der Waals surface area contributed by atoms with Gasteiger partial charge in [-0.2, -0.15) is 5.10 Å². The number of anilines is 1. The van der Waals surface area contributed by atoms with Crippen molar-refractivity contribution in [3.63, 3.8) is 0 Å². The fourth-order valence-corrected chi connectivity index (χ4v) is 3.90. The number of rotatable bonds is 4. The molecule has 3 heterocycles. The number of aromatic nitrogens is 4. The van der Waals surface area contributed by atoms with Crippen molar-refractivity contribution in [3.05, 3.63) is 77.3 Å². The van der Waals surface area contributed by atoms with Gasteiger partial charge in [0.15, 0.2) is 0 Å². The number of nitrogens with zero attached hydrogens (tertiary/aromatic N) is 3. The van der Waals surface area contributed by atoms with Crippen LogP contribution < -0.4 is 5.32 Å². The van der Waals surface area contributed by atoms with Gasteiger partial charge in [0, 0.05) is 41.0 Å². The number of fused-ring (bicyclic) bond motifs is 1. The first-order valence-corrected chi connectivity index (χ1v) is 10.3. The fraction of sp³-hybridized carbons (Fsp3) is 0.174. The predicted octanol–water partition coefficient (Wildman–Crippen LogP) is 5.18. The van der Waals surface area contributed by atoms with E-state index in [1.165, 1.54) is 19.0 Å². The molecule has 0 aliphatic carbocycles. The zero-order valence-electron chi connectivity index (χ0n) is 16.2. The summed E-state index contributed by atoms with van der Waals surface area (Å²) < 4.78 is 2.24. The lowest BCUT2D eigenvalue weighted by molar-refractivity contribution is 0.102. The minimum absolute atomic E-state index is 0.223.